The Balaban J connectivity index is 1.83. The largest absolute Gasteiger partial charge is 0.493 e. The van der Waals surface area contributed by atoms with Crippen LogP contribution in [0, 0.1) is 0 Å². The molecule has 5 aromatic rings. The summed E-state index contributed by atoms with van der Waals surface area (Å²) in [5, 5.41) is 0. The Morgan fingerprint density at radius 1 is 0.279 bits per heavy atom. The number of ether oxygens (including phenoxy) is 6. The van der Waals surface area contributed by atoms with Gasteiger partial charge in [0.1, 0.15) is 11.5 Å². The van der Waals surface area contributed by atoms with Gasteiger partial charge in [0.25, 0.3) is 0 Å². The molecule has 0 aliphatic heterocycles. The van der Waals surface area contributed by atoms with E-state index in [1.54, 1.807) is 24.8 Å². The van der Waals surface area contributed by atoms with E-state index in [0.717, 1.165) is 116 Å². The lowest BCUT2D eigenvalue weighted by Crippen LogP contribution is -2.03. The maximum Gasteiger partial charge on any atom is 0.163 e. The van der Waals surface area contributed by atoms with Gasteiger partial charge in [0.15, 0.2) is 23.0 Å². The van der Waals surface area contributed by atoms with Crippen LogP contribution in [0.4, 0.5) is 0 Å². The van der Waals surface area contributed by atoms with Crippen LogP contribution in [0.3, 0.4) is 0 Å². The summed E-state index contributed by atoms with van der Waals surface area (Å²) in [5.41, 5.74) is 4.71. The highest BCUT2D eigenvalue weighted by Crippen LogP contribution is 2.33. The molecular formula is C56H78N6O6. The van der Waals surface area contributed by atoms with Crippen molar-refractivity contribution in [2.45, 2.75) is 157 Å². The van der Waals surface area contributed by atoms with Crippen molar-refractivity contribution >= 4 is 44.1 Å². The van der Waals surface area contributed by atoms with Gasteiger partial charge in [-0.15, -0.1) is 0 Å². The van der Waals surface area contributed by atoms with Gasteiger partial charge in [-0.1, -0.05) is 119 Å². The summed E-state index contributed by atoms with van der Waals surface area (Å²) < 4.78 is 38.2. The molecular weight excluding hydrogens is 853 g/mol. The summed E-state index contributed by atoms with van der Waals surface area (Å²) in [5.74, 6) is 3.85. The third-order valence-corrected chi connectivity index (χ3v) is 11.2. The first-order valence-corrected chi connectivity index (χ1v) is 25.8. The zero-order chi connectivity index (χ0) is 48.0. The highest BCUT2D eigenvalue weighted by atomic mass is 16.5. The van der Waals surface area contributed by atoms with E-state index in [4.69, 9.17) is 58.3 Å². The summed E-state index contributed by atoms with van der Waals surface area (Å²) >= 11 is 0. The van der Waals surface area contributed by atoms with Crippen molar-refractivity contribution in [3.05, 3.63) is 73.3 Å². The summed E-state index contributed by atoms with van der Waals surface area (Å²) in [4.78, 5) is 30.1. The van der Waals surface area contributed by atoms with E-state index in [1.807, 2.05) is 48.5 Å². The van der Waals surface area contributed by atoms with Gasteiger partial charge in [0.2, 0.25) is 0 Å². The average Bonchev–Trinajstić information content (AvgIpc) is 3.35. The van der Waals surface area contributed by atoms with Crippen LogP contribution in [0.2, 0.25) is 0 Å². The van der Waals surface area contributed by atoms with Crippen LogP contribution in [0.15, 0.2) is 73.3 Å². The second-order valence-electron chi connectivity index (χ2n) is 17.2. The van der Waals surface area contributed by atoms with Gasteiger partial charge >= 0.3 is 0 Å². The molecule has 68 heavy (non-hydrogen) atoms. The summed E-state index contributed by atoms with van der Waals surface area (Å²) in [6.45, 7) is 16.5. The van der Waals surface area contributed by atoms with Crippen molar-refractivity contribution in [1.29, 1.82) is 0 Å². The van der Waals surface area contributed by atoms with Gasteiger partial charge in [0.05, 0.1) is 109 Å². The number of pyridine rings is 2. The molecule has 0 fully saturated rings. The maximum atomic E-state index is 6.40. The molecule has 368 valence electrons. The summed E-state index contributed by atoms with van der Waals surface area (Å²) in [6.07, 6.45) is 25.6. The molecule has 12 nitrogen and oxygen atoms in total. The molecule has 3 aromatic heterocycles. The van der Waals surface area contributed by atoms with Crippen molar-refractivity contribution in [2.75, 3.05) is 39.6 Å². The molecule has 5 rings (SSSR count). The van der Waals surface area contributed by atoms with Crippen LogP contribution in [0.5, 0.6) is 34.5 Å². The Kier molecular flexibility index (Phi) is 24.5. The molecule has 0 aliphatic rings. The molecule has 0 unspecified atom stereocenters. The fourth-order valence-corrected chi connectivity index (χ4v) is 7.23. The highest BCUT2D eigenvalue weighted by Gasteiger charge is 2.12. The molecule has 0 atom stereocenters. The monoisotopic (exact) mass is 931 g/mol. The molecule has 0 aliphatic carbocycles. The van der Waals surface area contributed by atoms with Gasteiger partial charge in [-0.25, -0.2) is 9.97 Å². The fraction of sp³-hybridized carbons (Fsp3) is 0.536. The van der Waals surface area contributed by atoms with E-state index in [1.165, 1.54) is 0 Å². The first-order valence-electron chi connectivity index (χ1n) is 25.8. The predicted octanol–water partition coefficient (Wildman–Crippen LogP) is 14.9. The Bertz CT molecular complexity index is 2130. The first kappa shape index (κ1) is 53.2. The highest BCUT2D eigenvalue weighted by molar-refractivity contribution is 5.80. The molecule has 4 bridgehead atoms. The van der Waals surface area contributed by atoms with Crippen LogP contribution in [0.25, 0.3) is 44.1 Å². The minimum absolute atomic E-state index is 0.564. The van der Waals surface area contributed by atoms with Crippen LogP contribution in [-0.4, -0.2) is 69.5 Å². The van der Waals surface area contributed by atoms with Crippen molar-refractivity contribution in [3.8, 4) is 34.5 Å². The van der Waals surface area contributed by atoms with Gasteiger partial charge in [0, 0.05) is 48.5 Å². The lowest BCUT2D eigenvalue weighted by Gasteiger charge is -2.13. The molecule has 3 heterocycles. The van der Waals surface area contributed by atoms with E-state index < -0.39 is 0 Å². The number of unbranched alkanes of at least 4 members (excludes halogenated alkanes) is 12. The summed E-state index contributed by atoms with van der Waals surface area (Å²) in [7, 11) is 0. The topological polar surface area (TPSA) is 133 Å². The zero-order valence-corrected chi connectivity index (χ0v) is 42.0. The van der Waals surface area contributed by atoms with Gasteiger partial charge in [-0.2, -0.15) is 0 Å². The Morgan fingerprint density at radius 2 is 0.500 bits per heavy atom. The van der Waals surface area contributed by atoms with Crippen molar-refractivity contribution in [1.82, 2.24) is 29.9 Å². The van der Waals surface area contributed by atoms with E-state index in [0.29, 0.717) is 118 Å². The average molecular weight is 931 g/mol. The van der Waals surface area contributed by atoms with Gasteiger partial charge < -0.3 is 28.4 Å². The van der Waals surface area contributed by atoms with E-state index >= 15 is 0 Å². The lowest BCUT2D eigenvalue weighted by molar-refractivity contribution is 0.260. The third kappa shape index (κ3) is 18.7. The third-order valence-electron chi connectivity index (χ3n) is 11.2. The van der Waals surface area contributed by atoms with Gasteiger partial charge in [-0.3, -0.25) is 19.9 Å². The quantitative estimate of drug-likeness (QED) is 0.0406. The predicted molar refractivity (Wildman–Crippen MR) is 277 cm³/mol. The standard InChI is InChI=1S/C56H78N6O6/c1-7-13-19-25-63-47-31-43-39-57-49-35-53(65-27-21-15-9-3)55(67-29-23-17-11-5)37-51(49)59-41-45-33-48(64-26-20-14-8-2)34-46(62-45)42-60-52-38-56(68-30-24-18-12-6)54(66-28-22-16-10-4)36-50(52)58-40-44(32-47)61-43/h31-42H,7-30H2,1-6H3. The number of nitrogens with zero attached hydrogens (tertiary/aromatic N) is 6. The van der Waals surface area contributed by atoms with Crippen LogP contribution >= 0.6 is 0 Å². The minimum Gasteiger partial charge on any atom is -0.493 e. The SMILES string of the molecule is CCCCCOc1cc2cnc3cc(OCCCCC)c(OCCCCC)cc3ncc3cc(OCCCCC)cc(cnc4cc(OCCCCC)c(OCCCCC)cc4ncc(c1)n2)n3. The van der Waals surface area contributed by atoms with E-state index in [2.05, 4.69) is 41.5 Å². The number of fused-ring (bicyclic) bond motifs is 6. The van der Waals surface area contributed by atoms with Crippen LogP contribution in [-0.2, 0) is 0 Å². The number of aromatic nitrogens is 6. The van der Waals surface area contributed by atoms with E-state index in [-0.39, 0.29) is 0 Å². The molecule has 0 amide bonds. The molecule has 12 heteroatoms. The Hall–Kier alpha value is -5.78. The number of hydrogen-bond donors (Lipinski definition) is 0. The number of rotatable bonds is 30. The van der Waals surface area contributed by atoms with Crippen LogP contribution in [0.1, 0.15) is 157 Å². The van der Waals surface area contributed by atoms with Crippen LogP contribution < -0.4 is 28.4 Å². The molecule has 0 spiro atoms. The summed E-state index contributed by atoms with van der Waals surface area (Å²) in [6, 6.07) is 15.3. The Morgan fingerprint density at radius 3 is 0.721 bits per heavy atom. The molecule has 0 N–H and O–H groups in total. The van der Waals surface area contributed by atoms with Crippen molar-refractivity contribution in [2.24, 2.45) is 0 Å². The lowest BCUT2D eigenvalue weighted by atomic mass is 10.2. The smallest absolute Gasteiger partial charge is 0.163 e. The number of hydrogen-bond acceptors (Lipinski definition) is 12. The van der Waals surface area contributed by atoms with Gasteiger partial charge in [-0.05, 0) is 38.5 Å². The first-order chi connectivity index (χ1) is 33.5. The second kappa shape index (κ2) is 31.3. The number of benzene rings is 2. The maximum absolute atomic E-state index is 6.40. The minimum atomic E-state index is 0.564. The zero-order valence-electron chi connectivity index (χ0n) is 42.0. The second-order valence-corrected chi connectivity index (χ2v) is 17.2. The fourth-order valence-electron chi connectivity index (χ4n) is 7.23. The normalized spacial score (nSPS) is 11.0. The molecule has 0 radical (unpaired) electrons. The van der Waals surface area contributed by atoms with Crippen molar-refractivity contribution < 1.29 is 28.4 Å². The molecule has 0 saturated carbocycles. The van der Waals surface area contributed by atoms with E-state index in [9.17, 15) is 0 Å². The molecule has 0 saturated heterocycles. The molecule has 2 aromatic carbocycles. The Labute approximate surface area is 405 Å². The van der Waals surface area contributed by atoms with Crippen molar-refractivity contribution in [3.63, 3.8) is 0 Å².